The summed E-state index contributed by atoms with van der Waals surface area (Å²) in [6.45, 7) is 1.85. The number of anilines is 1. The molecule has 1 aromatic carbocycles. The van der Waals surface area contributed by atoms with Crippen molar-refractivity contribution < 1.29 is 23.1 Å². The Morgan fingerprint density at radius 3 is 2.46 bits per heavy atom. The second-order valence-corrected chi connectivity index (χ2v) is 7.31. The highest BCUT2D eigenvalue weighted by Gasteiger charge is 2.68. The van der Waals surface area contributed by atoms with Crippen molar-refractivity contribution in [1.82, 2.24) is 5.01 Å². The summed E-state index contributed by atoms with van der Waals surface area (Å²) in [5.74, 6) is -2.14. The van der Waals surface area contributed by atoms with Gasteiger partial charge in [-0.2, -0.15) is 23.3 Å². The van der Waals surface area contributed by atoms with Crippen molar-refractivity contribution in [1.29, 1.82) is 0 Å². The summed E-state index contributed by atoms with van der Waals surface area (Å²) in [5, 5.41) is 14.8. The lowest BCUT2D eigenvalue weighted by Gasteiger charge is -2.39. The van der Waals surface area contributed by atoms with E-state index in [2.05, 4.69) is 5.10 Å². The van der Waals surface area contributed by atoms with Crippen LogP contribution < -0.4 is 4.90 Å². The summed E-state index contributed by atoms with van der Waals surface area (Å²) in [7, 11) is 3.63. The van der Waals surface area contributed by atoms with Crippen LogP contribution in [0, 0.1) is 11.8 Å². The number of amides is 1. The number of carbonyl (C=O) groups is 1. The summed E-state index contributed by atoms with van der Waals surface area (Å²) in [6.07, 6.45) is -3.80. The molecule has 0 unspecified atom stereocenters. The second-order valence-electron chi connectivity index (χ2n) is 7.31. The molecule has 3 atom stereocenters. The highest BCUT2D eigenvalue weighted by molar-refractivity contribution is 5.99. The van der Waals surface area contributed by atoms with Crippen LogP contribution in [0.3, 0.4) is 0 Å². The van der Waals surface area contributed by atoms with E-state index in [4.69, 9.17) is 0 Å². The summed E-state index contributed by atoms with van der Waals surface area (Å²) in [5.41, 5.74) is -2.19. The fraction of sp³-hybridized carbons (Fsp3) is 0.556. The van der Waals surface area contributed by atoms with Crippen molar-refractivity contribution in [2.24, 2.45) is 16.9 Å². The van der Waals surface area contributed by atoms with E-state index in [1.807, 2.05) is 25.9 Å². The minimum absolute atomic E-state index is 0.0299. The molecule has 1 aliphatic carbocycles. The van der Waals surface area contributed by atoms with Gasteiger partial charge in [-0.3, -0.25) is 4.79 Å². The highest BCUT2D eigenvalue weighted by Crippen LogP contribution is 2.49. The minimum Gasteiger partial charge on any atom is -0.378 e. The molecule has 1 heterocycles. The van der Waals surface area contributed by atoms with Crippen LogP contribution in [0.4, 0.5) is 18.9 Å². The molecular weight excluding hydrogens is 347 g/mol. The fourth-order valence-electron chi connectivity index (χ4n) is 3.64. The Kier molecular flexibility index (Phi) is 4.50. The normalized spacial score (nSPS) is 28.6. The number of benzene rings is 1. The number of halogens is 3. The fourth-order valence-corrected chi connectivity index (χ4v) is 3.64. The number of hydrazone groups is 1. The molecule has 1 aromatic rings. The quantitative estimate of drug-likeness (QED) is 0.871. The molecule has 142 valence electrons. The number of nitrogens with zero attached hydrogens (tertiary/aromatic N) is 3. The number of carbonyl (C=O) groups excluding carboxylic acids is 1. The zero-order valence-electron chi connectivity index (χ0n) is 14.9. The van der Waals surface area contributed by atoms with E-state index in [0.717, 1.165) is 5.69 Å². The lowest BCUT2D eigenvalue weighted by molar-refractivity contribution is -0.313. The number of fused-ring (bicyclic) bond motifs is 1. The average molecular weight is 369 g/mol. The van der Waals surface area contributed by atoms with Crippen molar-refractivity contribution in [2.75, 3.05) is 19.0 Å². The smallest absolute Gasteiger partial charge is 0.378 e. The van der Waals surface area contributed by atoms with Gasteiger partial charge in [-0.1, -0.05) is 6.92 Å². The van der Waals surface area contributed by atoms with E-state index in [1.54, 1.807) is 12.1 Å². The molecule has 0 spiro atoms. The van der Waals surface area contributed by atoms with E-state index >= 15 is 0 Å². The van der Waals surface area contributed by atoms with Gasteiger partial charge in [0.15, 0.2) is 0 Å². The first kappa shape index (κ1) is 18.7. The molecule has 0 saturated heterocycles. The van der Waals surface area contributed by atoms with Gasteiger partial charge in [-0.25, -0.2) is 0 Å². The molecule has 1 N–H and O–H groups in total. The van der Waals surface area contributed by atoms with Crippen LogP contribution in [0.5, 0.6) is 0 Å². The van der Waals surface area contributed by atoms with Crippen molar-refractivity contribution in [3.63, 3.8) is 0 Å². The van der Waals surface area contributed by atoms with E-state index in [-0.39, 0.29) is 28.6 Å². The molecule has 1 aliphatic heterocycles. The number of hydrogen-bond acceptors (Lipinski definition) is 4. The molecule has 0 bridgehead atoms. The Hall–Kier alpha value is -2.09. The molecule has 1 saturated carbocycles. The highest BCUT2D eigenvalue weighted by atomic mass is 19.4. The number of aliphatic hydroxyl groups is 1. The van der Waals surface area contributed by atoms with Crippen molar-refractivity contribution in [3.8, 4) is 0 Å². The second kappa shape index (κ2) is 6.26. The van der Waals surface area contributed by atoms with Gasteiger partial charge in [0.2, 0.25) is 0 Å². The van der Waals surface area contributed by atoms with Crippen LogP contribution >= 0.6 is 0 Å². The number of rotatable bonds is 2. The first-order valence-electron chi connectivity index (χ1n) is 8.54. The molecular formula is C18H22F3N3O2. The monoisotopic (exact) mass is 369 g/mol. The Bertz CT molecular complexity index is 730. The van der Waals surface area contributed by atoms with Gasteiger partial charge in [-0.05, 0) is 49.4 Å². The Labute approximate surface area is 150 Å². The van der Waals surface area contributed by atoms with Gasteiger partial charge in [0.05, 0.1) is 5.92 Å². The topological polar surface area (TPSA) is 56.1 Å². The predicted octanol–water partition coefficient (Wildman–Crippen LogP) is 3.25. The van der Waals surface area contributed by atoms with E-state index in [9.17, 15) is 23.1 Å². The molecule has 3 rings (SSSR count). The van der Waals surface area contributed by atoms with Gasteiger partial charge in [0.1, 0.15) is 0 Å². The van der Waals surface area contributed by atoms with E-state index in [1.165, 1.54) is 12.1 Å². The average Bonchev–Trinajstić information content (AvgIpc) is 2.88. The van der Waals surface area contributed by atoms with E-state index in [0.29, 0.717) is 12.8 Å². The van der Waals surface area contributed by atoms with E-state index < -0.39 is 23.7 Å². The van der Waals surface area contributed by atoms with Crippen molar-refractivity contribution in [2.45, 2.75) is 38.1 Å². The molecule has 5 nitrogen and oxygen atoms in total. The zero-order valence-corrected chi connectivity index (χ0v) is 14.9. The molecule has 1 amide bonds. The largest absolute Gasteiger partial charge is 0.439 e. The minimum atomic E-state index is -5.00. The lowest BCUT2D eigenvalue weighted by atomic mass is 9.76. The third-order valence-electron chi connectivity index (χ3n) is 5.21. The van der Waals surface area contributed by atoms with Crippen molar-refractivity contribution in [3.05, 3.63) is 29.8 Å². The van der Waals surface area contributed by atoms with Gasteiger partial charge in [-0.15, -0.1) is 0 Å². The summed E-state index contributed by atoms with van der Waals surface area (Å²) in [4.78, 5) is 14.6. The van der Waals surface area contributed by atoms with Crippen LogP contribution in [-0.4, -0.2) is 47.7 Å². The Morgan fingerprint density at radius 1 is 1.31 bits per heavy atom. The molecule has 8 heteroatoms. The maximum atomic E-state index is 13.8. The Morgan fingerprint density at radius 2 is 1.92 bits per heavy atom. The molecule has 26 heavy (non-hydrogen) atoms. The van der Waals surface area contributed by atoms with Crippen LogP contribution in [-0.2, 0) is 0 Å². The first-order valence-corrected chi connectivity index (χ1v) is 8.54. The SMILES string of the molecule is C[C@H]1CCC2=NN(C(=O)c3ccc(N(C)C)cc3)[C@](O)(C(F)(F)F)[C@@H]2C1. The maximum absolute atomic E-state index is 13.8. The third kappa shape index (κ3) is 2.86. The molecule has 0 aromatic heterocycles. The third-order valence-corrected chi connectivity index (χ3v) is 5.21. The molecule has 0 radical (unpaired) electrons. The van der Waals surface area contributed by atoms with Crippen LogP contribution in [0.25, 0.3) is 0 Å². The van der Waals surface area contributed by atoms with Crippen LogP contribution in [0.2, 0.25) is 0 Å². The number of hydrogen-bond donors (Lipinski definition) is 1. The zero-order chi connectivity index (χ0) is 19.3. The molecule has 2 aliphatic rings. The van der Waals surface area contributed by atoms with Gasteiger partial charge in [0.25, 0.3) is 11.6 Å². The first-order chi connectivity index (χ1) is 12.1. The summed E-state index contributed by atoms with van der Waals surface area (Å²) >= 11 is 0. The lowest BCUT2D eigenvalue weighted by Crippen LogP contribution is -2.61. The van der Waals surface area contributed by atoms with Gasteiger partial charge >= 0.3 is 6.18 Å². The molecule has 1 fully saturated rings. The Balaban J connectivity index is 1.98. The van der Waals surface area contributed by atoms with Crippen molar-refractivity contribution >= 4 is 17.3 Å². The van der Waals surface area contributed by atoms with Crippen LogP contribution in [0.15, 0.2) is 29.4 Å². The summed E-state index contributed by atoms with van der Waals surface area (Å²) < 4.78 is 41.4. The summed E-state index contributed by atoms with van der Waals surface area (Å²) in [6, 6.07) is 6.16. The van der Waals surface area contributed by atoms with Crippen LogP contribution in [0.1, 0.15) is 36.5 Å². The van der Waals surface area contributed by atoms with Gasteiger partial charge < -0.3 is 10.0 Å². The maximum Gasteiger partial charge on any atom is 0.439 e. The predicted molar refractivity (Wildman–Crippen MR) is 91.9 cm³/mol. The number of alkyl halides is 3. The standard InChI is InChI=1S/C18H22F3N3O2/c1-11-4-9-15-14(10-11)17(26,18(19,20)21)24(22-15)16(25)12-5-7-13(8-6-12)23(2)3/h5-8,11,14,26H,4,9-10H2,1-3H3/t11-,14+,17+/m0/s1. The van der Waals surface area contributed by atoms with Gasteiger partial charge in [0, 0.05) is 31.1 Å².